The molecule has 5 rings (SSSR count). The van der Waals surface area contributed by atoms with Gasteiger partial charge in [-0.15, -0.1) is 0 Å². The molecule has 1 saturated heterocycles. The summed E-state index contributed by atoms with van der Waals surface area (Å²) in [6.07, 6.45) is -1.90. The van der Waals surface area contributed by atoms with Gasteiger partial charge in [-0.3, -0.25) is 0 Å². The summed E-state index contributed by atoms with van der Waals surface area (Å²) in [7, 11) is 0. The molecule has 4 aromatic rings. The van der Waals surface area contributed by atoms with Crippen LogP contribution in [0.15, 0.2) is 109 Å². The maximum atomic E-state index is 14.5. The van der Waals surface area contributed by atoms with Gasteiger partial charge in [0.05, 0.1) is 12.1 Å². The third-order valence-corrected chi connectivity index (χ3v) is 7.58. The van der Waals surface area contributed by atoms with E-state index in [0.717, 1.165) is 22.3 Å². The number of aliphatic hydroxyl groups excluding tert-OH is 2. The predicted octanol–water partition coefficient (Wildman–Crippen LogP) is 4.48. The van der Waals surface area contributed by atoms with Gasteiger partial charge in [-0.05, 0) is 59.4 Å². The molecule has 0 aliphatic carbocycles. The Labute approximate surface area is 234 Å². The number of carbonyl (C=O) groups excluding carboxylic acids is 1. The van der Waals surface area contributed by atoms with Crippen LogP contribution in [0.25, 0.3) is 0 Å². The van der Waals surface area contributed by atoms with Crippen molar-refractivity contribution >= 4 is 6.03 Å². The molecule has 1 aliphatic rings. The highest BCUT2D eigenvalue weighted by Gasteiger charge is 2.46. The highest BCUT2D eigenvalue weighted by atomic mass is 16.3. The molecule has 4 aromatic carbocycles. The van der Waals surface area contributed by atoms with E-state index < -0.39 is 24.3 Å². The highest BCUT2D eigenvalue weighted by molar-refractivity contribution is 5.76. The fraction of sp³-hybridized carbons (Fsp3) is 0.242. The summed E-state index contributed by atoms with van der Waals surface area (Å²) in [5, 5.41) is 43.0. The number of benzene rings is 4. The van der Waals surface area contributed by atoms with Crippen LogP contribution in [-0.2, 0) is 25.9 Å². The SMILES string of the molecule is O=C1N(Cc2ccccc2)C(Cc2ccc(O)cc2)[C@H](O)[C@@H](O)[C@@H](Cc2ccc(O)cc2)N1Cc1ccccc1. The second-order valence-electron chi connectivity index (χ2n) is 10.4. The number of rotatable bonds is 8. The van der Waals surface area contributed by atoms with Crippen molar-refractivity contribution in [2.24, 2.45) is 0 Å². The van der Waals surface area contributed by atoms with Gasteiger partial charge in [-0.2, -0.15) is 0 Å². The number of amides is 2. The zero-order valence-corrected chi connectivity index (χ0v) is 22.1. The summed E-state index contributed by atoms with van der Waals surface area (Å²) >= 11 is 0. The van der Waals surface area contributed by atoms with E-state index in [4.69, 9.17) is 0 Å². The average molecular weight is 539 g/mol. The van der Waals surface area contributed by atoms with E-state index in [-0.39, 0.29) is 30.6 Å². The third-order valence-electron chi connectivity index (χ3n) is 7.58. The van der Waals surface area contributed by atoms with Gasteiger partial charge in [0.15, 0.2) is 0 Å². The molecule has 2 amide bonds. The van der Waals surface area contributed by atoms with Gasteiger partial charge in [0.25, 0.3) is 0 Å². The van der Waals surface area contributed by atoms with Crippen LogP contribution in [0.3, 0.4) is 0 Å². The Hall–Kier alpha value is -4.33. The summed E-state index contributed by atoms with van der Waals surface area (Å²) in [5.41, 5.74) is 3.47. The Kier molecular flexibility index (Phi) is 8.34. The van der Waals surface area contributed by atoms with Crippen molar-refractivity contribution in [1.29, 1.82) is 0 Å². The second-order valence-corrected chi connectivity index (χ2v) is 10.4. The largest absolute Gasteiger partial charge is 0.508 e. The molecule has 0 aromatic heterocycles. The number of phenolic OH excluding ortho intramolecular Hbond substituents is 2. The van der Waals surface area contributed by atoms with E-state index in [0.29, 0.717) is 12.8 Å². The zero-order chi connectivity index (χ0) is 28.1. The van der Waals surface area contributed by atoms with E-state index in [1.807, 2.05) is 60.7 Å². The number of urea groups is 1. The van der Waals surface area contributed by atoms with E-state index >= 15 is 0 Å². The third kappa shape index (κ3) is 6.28. The summed E-state index contributed by atoms with van der Waals surface area (Å²) in [6.45, 7) is 0.507. The Morgan fingerprint density at radius 3 is 1.20 bits per heavy atom. The first-order valence-corrected chi connectivity index (χ1v) is 13.5. The smallest absolute Gasteiger partial charge is 0.321 e. The topological polar surface area (TPSA) is 104 Å². The minimum absolute atomic E-state index is 0.130. The lowest BCUT2D eigenvalue weighted by Crippen LogP contribution is -2.50. The molecule has 206 valence electrons. The molecule has 0 spiro atoms. The van der Waals surface area contributed by atoms with E-state index in [2.05, 4.69) is 0 Å². The van der Waals surface area contributed by atoms with Gasteiger partial charge in [0.2, 0.25) is 0 Å². The number of phenols is 2. The Morgan fingerprint density at radius 2 is 0.850 bits per heavy atom. The lowest BCUT2D eigenvalue weighted by molar-refractivity contribution is -0.0408. The lowest BCUT2D eigenvalue weighted by atomic mass is 9.90. The molecular formula is C33H34N2O5. The van der Waals surface area contributed by atoms with E-state index in [1.165, 1.54) is 0 Å². The fourth-order valence-electron chi connectivity index (χ4n) is 5.41. The molecule has 40 heavy (non-hydrogen) atoms. The summed E-state index contributed by atoms with van der Waals surface area (Å²) in [5.74, 6) is 0.260. The van der Waals surface area contributed by atoms with E-state index in [9.17, 15) is 25.2 Å². The molecule has 7 nitrogen and oxygen atoms in total. The molecular weight excluding hydrogens is 504 g/mol. The first kappa shape index (κ1) is 27.2. The molecule has 7 heteroatoms. The minimum atomic E-state index is -1.25. The Morgan fingerprint density at radius 1 is 0.500 bits per heavy atom. The normalized spacial score (nSPS) is 21.3. The lowest BCUT2D eigenvalue weighted by Gasteiger charge is -2.36. The molecule has 1 aliphatic heterocycles. The molecule has 4 atom stereocenters. The van der Waals surface area contributed by atoms with Gasteiger partial charge in [-0.25, -0.2) is 4.79 Å². The first-order chi connectivity index (χ1) is 19.4. The number of aromatic hydroxyl groups is 2. The standard InChI is InChI=1S/C33H34N2O5/c36-27-15-11-23(12-16-27)19-29-31(38)32(39)30(20-24-13-17-28(37)18-14-24)35(22-26-9-5-2-6-10-26)33(40)34(29)21-25-7-3-1-4-8-25/h1-18,29-32,36-39H,19-22H2/t29-,30?,31+,32+/m1/s1. The number of nitrogens with zero attached hydrogens (tertiary/aromatic N) is 2. The maximum Gasteiger partial charge on any atom is 0.321 e. The number of hydrogen-bond donors (Lipinski definition) is 4. The van der Waals surface area contributed by atoms with Crippen LogP contribution in [0.5, 0.6) is 11.5 Å². The van der Waals surface area contributed by atoms with E-state index in [1.54, 1.807) is 58.3 Å². The van der Waals surface area contributed by atoms with Gasteiger partial charge in [0.1, 0.15) is 23.7 Å². The fourth-order valence-corrected chi connectivity index (χ4v) is 5.41. The number of aliphatic hydroxyl groups is 2. The number of hydrogen-bond acceptors (Lipinski definition) is 5. The Balaban J connectivity index is 1.57. The first-order valence-electron chi connectivity index (χ1n) is 13.5. The van der Waals surface area contributed by atoms with Crippen molar-refractivity contribution in [2.45, 2.75) is 50.2 Å². The maximum absolute atomic E-state index is 14.5. The van der Waals surface area contributed by atoms with Crippen molar-refractivity contribution in [1.82, 2.24) is 9.80 Å². The van der Waals surface area contributed by atoms with Gasteiger partial charge in [-0.1, -0.05) is 84.9 Å². The van der Waals surface area contributed by atoms with Gasteiger partial charge in [0, 0.05) is 13.1 Å². The quantitative estimate of drug-likeness (QED) is 0.265. The summed E-state index contributed by atoms with van der Waals surface area (Å²) in [6, 6.07) is 30.8. The van der Waals surface area contributed by atoms with Crippen LogP contribution in [0.2, 0.25) is 0 Å². The van der Waals surface area contributed by atoms with Crippen LogP contribution in [0.1, 0.15) is 22.3 Å². The molecule has 1 unspecified atom stereocenters. The van der Waals surface area contributed by atoms with Crippen LogP contribution < -0.4 is 0 Å². The molecule has 4 N–H and O–H groups in total. The molecule has 1 fully saturated rings. The molecule has 0 saturated carbocycles. The van der Waals surface area contributed by atoms with Crippen LogP contribution in [-0.4, -0.2) is 60.5 Å². The van der Waals surface area contributed by atoms with Crippen molar-refractivity contribution in [3.63, 3.8) is 0 Å². The van der Waals surface area contributed by atoms with Gasteiger partial charge < -0.3 is 30.2 Å². The Bertz CT molecular complexity index is 1270. The summed E-state index contributed by atoms with van der Waals surface area (Å²) < 4.78 is 0. The van der Waals surface area contributed by atoms with Crippen LogP contribution in [0, 0.1) is 0 Å². The van der Waals surface area contributed by atoms with Crippen molar-refractivity contribution < 1.29 is 25.2 Å². The van der Waals surface area contributed by atoms with Crippen LogP contribution in [0.4, 0.5) is 4.79 Å². The van der Waals surface area contributed by atoms with Crippen molar-refractivity contribution in [2.75, 3.05) is 0 Å². The van der Waals surface area contributed by atoms with Gasteiger partial charge >= 0.3 is 6.03 Å². The minimum Gasteiger partial charge on any atom is -0.508 e. The number of carbonyl (C=O) groups is 1. The molecule has 0 radical (unpaired) electrons. The summed E-state index contributed by atoms with van der Waals surface area (Å²) in [4.78, 5) is 17.8. The predicted molar refractivity (Wildman–Crippen MR) is 153 cm³/mol. The molecule has 0 bridgehead atoms. The molecule has 1 heterocycles. The second kappa shape index (κ2) is 12.2. The van der Waals surface area contributed by atoms with Crippen LogP contribution >= 0.6 is 0 Å². The monoisotopic (exact) mass is 538 g/mol. The highest BCUT2D eigenvalue weighted by Crippen LogP contribution is 2.30. The average Bonchev–Trinajstić information content (AvgIpc) is 3.03. The zero-order valence-electron chi connectivity index (χ0n) is 22.1. The van der Waals surface area contributed by atoms with Crippen molar-refractivity contribution in [3.05, 3.63) is 131 Å². The van der Waals surface area contributed by atoms with Crippen molar-refractivity contribution in [3.8, 4) is 11.5 Å².